The van der Waals surface area contributed by atoms with Gasteiger partial charge in [-0.3, -0.25) is 24.0 Å². The number of oxime groups is 1. The van der Waals surface area contributed by atoms with Crippen LogP contribution in [0.3, 0.4) is 0 Å². The van der Waals surface area contributed by atoms with Gasteiger partial charge >= 0.3 is 23.6 Å². The van der Waals surface area contributed by atoms with Gasteiger partial charge in [-0.15, -0.1) is 11.3 Å². The summed E-state index contributed by atoms with van der Waals surface area (Å²) in [5.41, 5.74) is 2.16. The van der Waals surface area contributed by atoms with E-state index in [9.17, 15) is 24.0 Å². The second kappa shape index (κ2) is 13.3. The lowest BCUT2D eigenvalue weighted by Gasteiger charge is -2.35. The van der Waals surface area contributed by atoms with Gasteiger partial charge in [0.2, 0.25) is 0 Å². The molecule has 15 nitrogen and oxygen atoms in total. The first kappa shape index (κ1) is 32.1. The lowest BCUT2D eigenvalue weighted by atomic mass is 9.98. The Labute approximate surface area is 266 Å². The van der Waals surface area contributed by atoms with Crippen LogP contribution in [-0.4, -0.2) is 77.1 Å². The minimum absolute atomic E-state index is 0.0466. The summed E-state index contributed by atoms with van der Waals surface area (Å²) in [6.45, 7) is -0.231. The van der Waals surface area contributed by atoms with Crippen LogP contribution in [-0.2, 0) is 47.9 Å². The summed E-state index contributed by atoms with van der Waals surface area (Å²) in [4.78, 5) is 80.7. The molecule has 2 aliphatic rings. The summed E-state index contributed by atoms with van der Waals surface area (Å²) < 4.78 is 16.6. The summed E-state index contributed by atoms with van der Waals surface area (Å²) in [6.07, 6.45) is -1.52. The Kier molecular flexibility index (Phi) is 9.29. The monoisotopic (exact) mass is 651 g/mol. The Morgan fingerprint density at radius 3 is 2.28 bits per heavy atom. The van der Waals surface area contributed by atoms with E-state index in [1.165, 1.54) is 12.5 Å². The number of nitrogens with one attached hydrogen (secondary N) is 1. The van der Waals surface area contributed by atoms with Gasteiger partial charge < -0.3 is 30.1 Å². The van der Waals surface area contributed by atoms with Gasteiger partial charge in [-0.2, -0.15) is 5.06 Å². The van der Waals surface area contributed by atoms with Crippen molar-refractivity contribution in [3.05, 3.63) is 82.9 Å². The number of thiazole rings is 1. The summed E-state index contributed by atoms with van der Waals surface area (Å²) in [5.74, 6) is -4.68. The Bertz CT molecular complexity index is 1630. The molecule has 2 unspecified atom stereocenters. The number of nitrogens with zero attached hydrogens (tertiary/aromatic N) is 3. The van der Waals surface area contributed by atoms with E-state index >= 15 is 0 Å². The van der Waals surface area contributed by atoms with Crippen LogP contribution < -0.4 is 11.1 Å². The minimum Gasteiger partial charge on any atom is -0.463 e. The number of ether oxygens (including phenoxy) is 3. The fraction of sp³-hybridized carbons (Fsp3) is 0.300. The molecule has 0 spiro atoms. The molecular formula is C30H29N5O10S. The third kappa shape index (κ3) is 6.38. The van der Waals surface area contributed by atoms with Gasteiger partial charge in [0.05, 0.1) is 6.42 Å². The van der Waals surface area contributed by atoms with Crippen molar-refractivity contribution in [1.82, 2.24) is 15.4 Å². The highest BCUT2D eigenvalue weighted by atomic mass is 32.1. The molecule has 2 aromatic carbocycles. The highest BCUT2D eigenvalue weighted by molar-refractivity contribution is 7.13. The molecule has 0 saturated carbocycles. The van der Waals surface area contributed by atoms with Crippen LogP contribution in [0.5, 0.6) is 0 Å². The summed E-state index contributed by atoms with van der Waals surface area (Å²) in [6, 6.07) is 17.7. The Hall–Kier alpha value is -5.35. The quantitative estimate of drug-likeness (QED) is 0.132. The van der Waals surface area contributed by atoms with Crippen LogP contribution in [0.2, 0.25) is 0 Å². The highest BCUT2D eigenvalue weighted by Crippen LogP contribution is 2.39. The number of cyclic esters (lactones) is 1. The van der Waals surface area contributed by atoms with Gasteiger partial charge in [-0.1, -0.05) is 65.8 Å². The molecule has 3 aromatic rings. The van der Waals surface area contributed by atoms with E-state index in [4.69, 9.17) is 29.6 Å². The van der Waals surface area contributed by atoms with Gasteiger partial charge in [-0.25, -0.2) is 9.78 Å². The minimum atomic E-state index is -2.37. The van der Waals surface area contributed by atoms with E-state index in [2.05, 4.69) is 15.5 Å². The predicted octanol–water partition coefficient (Wildman–Crippen LogP) is 1.63. The molecule has 240 valence electrons. The molecule has 0 radical (unpaired) electrons. The SMILES string of the molecule is CO/N=C(\C(=O)NC1(COC(C)=O)CON(C2(C(=O)OC(c3ccccc3)c3ccccc3)CCC(=O)O2)C1=O)c1csc(N)n1. The fourth-order valence-electron chi connectivity index (χ4n) is 4.90. The van der Waals surface area contributed by atoms with E-state index in [1.54, 1.807) is 60.7 Å². The van der Waals surface area contributed by atoms with Crippen LogP contribution in [0.25, 0.3) is 0 Å². The number of anilines is 1. The molecule has 2 fully saturated rings. The summed E-state index contributed by atoms with van der Waals surface area (Å²) in [5, 5.41) is 8.36. The number of carbonyl (C=O) groups is 5. The standard InChI is InChI=1S/C30H29N5O10S/c1-18(36)42-16-29(33-25(38)23(34-41-2)21-15-46-28(31)32-21)17-43-35(26(29)39)30(14-13-22(37)45-30)27(40)44-24(19-9-5-3-6-10-19)20-11-7-4-8-12-20/h3-12,15,24H,13-14,16-17H2,1-2H3,(H2,31,32)(H,33,38)/b34-23-. The molecule has 2 atom stereocenters. The van der Waals surface area contributed by atoms with E-state index < -0.39 is 60.3 Å². The van der Waals surface area contributed by atoms with Crippen molar-refractivity contribution in [3.8, 4) is 0 Å². The van der Waals surface area contributed by atoms with Gasteiger partial charge in [0.1, 0.15) is 26.0 Å². The maximum atomic E-state index is 14.2. The highest BCUT2D eigenvalue weighted by Gasteiger charge is 2.64. The molecule has 3 heterocycles. The zero-order chi connectivity index (χ0) is 32.9. The van der Waals surface area contributed by atoms with E-state index in [-0.39, 0.29) is 29.4 Å². The molecule has 0 bridgehead atoms. The van der Waals surface area contributed by atoms with Crippen LogP contribution >= 0.6 is 11.3 Å². The molecule has 2 saturated heterocycles. The number of carbonyl (C=O) groups excluding carboxylic acids is 5. The van der Waals surface area contributed by atoms with Crippen molar-refractivity contribution in [2.24, 2.45) is 5.16 Å². The van der Waals surface area contributed by atoms with Crippen molar-refractivity contribution in [3.63, 3.8) is 0 Å². The second-order valence-corrected chi connectivity index (χ2v) is 11.1. The number of hydrogen-bond acceptors (Lipinski definition) is 14. The molecular weight excluding hydrogens is 622 g/mol. The first-order valence-electron chi connectivity index (χ1n) is 13.9. The number of nitrogen functional groups attached to an aromatic ring is 1. The van der Waals surface area contributed by atoms with Gasteiger partial charge in [0, 0.05) is 18.7 Å². The van der Waals surface area contributed by atoms with Gasteiger partial charge in [-0.05, 0) is 11.1 Å². The van der Waals surface area contributed by atoms with Crippen molar-refractivity contribution < 1.29 is 47.9 Å². The van der Waals surface area contributed by atoms with Gasteiger partial charge in [0.15, 0.2) is 22.5 Å². The maximum Gasteiger partial charge on any atom is 0.376 e. The molecule has 5 rings (SSSR count). The van der Waals surface area contributed by atoms with Crippen molar-refractivity contribution in [1.29, 1.82) is 0 Å². The number of aromatic nitrogens is 1. The number of benzene rings is 2. The molecule has 2 aliphatic heterocycles. The predicted molar refractivity (Wildman–Crippen MR) is 159 cm³/mol. The lowest BCUT2D eigenvalue weighted by molar-refractivity contribution is -0.260. The zero-order valence-electron chi connectivity index (χ0n) is 24.7. The van der Waals surface area contributed by atoms with Gasteiger partial charge in [0.25, 0.3) is 11.8 Å². The molecule has 16 heteroatoms. The normalized spacial score (nSPS) is 21.2. The van der Waals surface area contributed by atoms with Crippen LogP contribution in [0.1, 0.15) is 42.7 Å². The molecule has 46 heavy (non-hydrogen) atoms. The second-order valence-electron chi connectivity index (χ2n) is 10.2. The fourth-order valence-corrected chi connectivity index (χ4v) is 5.44. The number of rotatable bonds is 11. The average Bonchev–Trinajstić information content (AvgIpc) is 3.75. The van der Waals surface area contributed by atoms with Crippen LogP contribution in [0, 0.1) is 0 Å². The first-order valence-corrected chi connectivity index (χ1v) is 14.8. The topological polar surface area (TPSA) is 198 Å². The number of amides is 2. The molecule has 1 aromatic heterocycles. The van der Waals surface area contributed by atoms with Crippen molar-refractivity contribution in [2.45, 2.75) is 37.1 Å². The number of hydrogen-bond donors (Lipinski definition) is 2. The maximum absolute atomic E-state index is 14.2. The summed E-state index contributed by atoms with van der Waals surface area (Å²) in [7, 11) is 1.20. The third-order valence-electron chi connectivity index (χ3n) is 7.10. The van der Waals surface area contributed by atoms with Crippen LogP contribution in [0.4, 0.5) is 5.13 Å². The van der Waals surface area contributed by atoms with E-state index in [0.29, 0.717) is 16.2 Å². The van der Waals surface area contributed by atoms with Crippen molar-refractivity contribution >= 4 is 51.9 Å². The number of nitrogens with two attached hydrogens (primary N) is 1. The molecule has 2 amide bonds. The average molecular weight is 652 g/mol. The number of hydroxylamine groups is 2. The molecule has 0 aliphatic carbocycles. The third-order valence-corrected chi connectivity index (χ3v) is 7.77. The van der Waals surface area contributed by atoms with Crippen molar-refractivity contribution in [2.75, 3.05) is 26.1 Å². The zero-order valence-corrected chi connectivity index (χ0v) is 25.5. The Morgan fingerprint density at radius 2 is 1.76 bits per heavy atom. The number of esters is 3. The van der Waals surface area contributed by atoms with Crippen LogP contribution in [0.15, 0.2) is 71.2 Å². The smallest absolute Gasteiger partial charge is 0.376 e. The lowest BCUT2D eigenvalue weighted by Crippen LogP contribution is -2.64. The molecule has 3 N–H and O–H groups in total. The van der Waals surface area contributed by atoms with E-state index in [1.807, 2.05) is 0 Å². The largest absolute Gasteiger partial charge is 0.463 e. The Balaban J connectivity index is 1.48. The Morgan fingerprint density at radius 1 is 1.11 bits per heavy atom. The first-order chi connectivity index (χ1) is 22.1. The summed E-state index contributed by atoms with van der Waals surface area (Å²) >= 11 is 1.04. The van der Waals surface area contributed by atoms with E-state index in [0.717, 1.165) is 18.3 Å².